The van der Waals surface area contributed by atoms with Gasteiger partial charge in [0.05, 0.1) is 11.3 Å². The van der Waals surface area contributed by atoms with Crippen LogP contribution in [0.2, 0.25) is 0 Å². The molecular formula is C13H16BrFN2O. The van der Waals surface area contributed by atoms with E-state index < -0.39 is 5.82 Å². The zero-order chi connectivity index (χ0) is 13.3. The fraction of sp³-hybridized carbons (Fsp3) is 0.462. The predicted molar refractivity (Wildman–Crippen MR) is 72.9 cm³/mol. The Labute approximate surface area is 114 Å². The van der Waals surface area contributed by atoms with E-state index in [1.807, 2.05) is 0 Å². The average Bonchev–Trinajstić information content (AvgIpc) is 2.85. The number of nitrogens with zero attached hydrogens (tertiary/aromatic N) is 1. The number of benzene rings is 1. The van der Waals surface area contributed by atoms with E-state index in [4.69, 9.17) is 5.73 Å². The molecule has 1 aromatic rings. The third-order valence-electron chi connectivity index (χ3n) is 3.51. The number of carbonyl (C=O) groups excluding carboxylic acids is 1. The number of carbonyl (C=O) groups is 1. The SMILES string of the molecule is CN(C(=O)c1cc(N)c(F)cc1Br)C1CCCC1. The Hall–Kier alpha value is -1.10. The highest BCUT2D eigenvalue weighted by Gasteiger charge is 2.25. The Morgan fingerprint density at radius 3 is 2.67 bits per heavy atom. The fourth-order valence-corrected chi connectivity index (χ4v) is 2.86. The Bertz CT molecular complexity index is 472. The molecule has 18 heavy (non-hydrogen) atoms. The van der Waals surface area contributed by atoms with Crippen LogP contribution in [-0.4, -0.2) is 23.9 Å². The quantitative estimate of drug-likeness (QED) is 0.852. The second-order valence-electron chi connectivity index (χ2n) is 4.71. The smallest absolute Gasteiger partial charge is 0.255 e. The van der Waals surface area contributed by atoms with Crippen LogP contribution in [0.5, 0.6) is 0 Å². The lowest BCUT2D eigenvalue weighted by Gasteiger charge is -2.25. The van der Waals surface area contributed by atoms with Gasteiger partial charge in [-0.1, -0.05) is 12.8 Å². The van der Waals surface area contributed by atoms with Crippen LogP contribution in [0.3, 0.4) is 0 Å². The molecule has 0 unspecified atom stereocenters. The second-order valence-corrected chi connectivity index (χ2v) is 5.56. The molecule has 5 heteroatoms. The highest BCUT2D eigenvalue weighted by molar-refractivity contribution is 9.10. The van der Waals surface area contributed by atoms with Gasteiger partial charge in [-0.2, -0.15) is 0 Å². The van der Waals surface area contributed by atoms with Crippen LogP contribution in [0.4, 0.5) is 10.1 Å². The minimum atomic E-state index is -0.512. The van der Waals surface area contributed by atoms with Crippen molar-refractivity contribution in [2.45, 2.75) is 31.7 Å². The van der Waals surface area contributed by atoms with E-state index in [1.54, 1.807) is 11.9 Å². The molecule has 0 heterocycles. The van der Waals surface area contributed by atoms with Crippen molar-refractivity contribution in [2.75, 3.05) is 12.8 Å². The molecule has 1 aliphatic carbocycles. The zero-order valence-corrected chi connectivity index (χ0v) is 11.8. The van der Waals surface area contributed by atoms with Crippen LogP contribution in [-0.2, 0) is 0 Å². The van der Waals surface area contributed by atoms with Gasteiger partial charge in [-0.15, -0.1) is 0 Å². The van der Waals surface area contributed by atoms with Gasteiger partial charge in [0.15, 0.2) is 0 Å². The van der Waals surface area contributed by atoms with Gasteiger partial charge in [0.2, 0.25) is 0 Å². The summed E-state index contributed by atoms with van der Waals surface area (Å²) < 4.78 is 13.7. The first-order chi connectivity index (χ1) is 8.50. The molecule has 1 saturated carbocycles. The number of hydrogen-bond donors (Lipinski definition) is 1. The molecule has 0 spiro atoms. The number of nitrogens with two attached hydrogens (primary N) is 1. The predicted octanol–water partition coefficient (Wildman–Crippen LogP) is 3.19. The van der Waals surface area contributed by atoms with Gasteiger partial charge in [-0.3, -0.25) is 4.79 Å². The lowest BCUT2D eigenvalue weighted by atomic mass is 10.1. The van der Waals surface area contributed by atoms with Gasteiger partial charge in [0.1, 0.15) is 5.82 Å². The summed E-state index contributed by atoms with van der Waals surface area (Å²) in [7, 11) is 1.80. The molecule has 98 valence electrons. The van der Waals surface area contributed by atoms with Crippen molar-refractivity contribution in [3.05, 3.63) is 28.0 Å². The Morgan fingerprint density at radius 1 is 1.44 bits per heavy atom. The van der Waals surface area contributed by atoms with Crippen LogP contribution in [0.25, 0.3) is 0 Å². The largest absolute Gasteiger partial charge is 0.396 e. The lowest BCUT2D eigenvalue weighted by molar-refractivity contribution is 0.0734. The van der Waals surface area contributed by atoms with Crippen molar-refractivity contribution in [3.8, 4) is 0 Å². The summed E-state index contributed by atoms with van der Waals surface area (Å²) in [6.45, 7) is 0. The first kappa shape index (κ1) is 13.3. The van der Waals surface area contributed by atoms with Crippen LogP contribution in [0.1, 0.15) is 36.0 Å². The number of halogens is 2. The van der Waals surface area contributed by atoms with Gasteiger partial charge >= 0.3 is 0 Å². The van der Waals surface area contributed by atoms with E-state index in [9.17, 15) is 9.18 Å². The highest BCUT2D eigenvalue weighted by Crippen LogP contribution is 2.27. The van der Waals surface area contributed by atoms with Crippen molar-refractivity contribution in [2.24, 2.45) is 0 Å². The normalized spacial score (nSPS) is 15.9. The summed E-state index contributed by atoms with van der Waals surface area (Å²) in [5, 5.41) is 0. The first-order valence-electron chi connectivity index (χ1n) is 6.02. The summed E-state index contributed by atoms with van der Waals surface area (Å²) in [5.41, 5.74) is 5.94. The molecule has 0 aliphatic heterocycles. The third kappa shape index (κ3) is 2.51. The minimum absolute atomic E-state index is 0.00127. The molecule has 0 bridgehead atoms. The van der Waals surface area contributed by atoms with E-state index in [1.165, 1.54) is 12.1 Å². The van der Waals surface area contributed by atoms with E-state index in [-0.39, 0.29) is 17.6 Å². The minimum Gasteiger partial charge on any atom is -0.396 e. The second kappa shape index (κ2) is 5.26. The van der Waals surface area contributed by atoms with E-state index >= 15 is 0 Å². The number of anilines is 1. The van der Waals surface area contributed by atoms with Gasteiger partial charge < -0.3 is 10.6 Å². The van der Waals surface area contributed by atoms with Crippen LogP contribution < -0.4 is 5.73 Å². The van der Waals surface area contributed by atoms with Gasteiger partial charge in [0.25, 0.3) is 5.91 Å². The van der Waals surface area contributed by atoms with Crippen molar-refractivity contribution < 1.29 is 9.18 Å². The molecule has 0 radical (unpaired) electrons. The van der Waals surface area contributed by atoms with Crippen molar-refractivity contribution in [1.29, 1.82) is 0 Å². The monoisotopic (exact) mass is 314 g/mol. The van der Waals surface area contributed by atoms with Crippen LogP contribution in [0, 0.1) is 5.82 Å². The van der Waals surface area contributed by atoms with E-state index in [0.29, 0.717) is 10.0 Å². The maximum atomic E-state index is 13.2. The van der Waals surface area contributed by atoms with Crippen molar-refractivity contribution in [3.63, 3.8) is 0 Å². The topological polar surface area (TPSA) is 46.3 Å². The zero-order valence-electron chi connectivity index (χ0n) is 10.2. The summed E-state index contributed by atoms with van der Waals surface area (Å²) >= 11 is 3.22. The van der Waals surface area contributed by atoms with E-state index in [0.717, 1.165) is 25.7 Å². The average molecular weight is 315 g/mol. The Morgan fingerprint density at radius 2 is 2.06 bits per heavy atom. The summed E-state index contributed by atoms with van der Waals surface area (Å²) in [6, 6.07) is 2.92. The molecule has 1 amide bonds. The molecule has 2 N–H and O–H groups in total. The Kier molecular flexibility index (Phi) is 3.90. The molecule has 1 fully saturated rings. The molecule has 0 aromatic heterocycles. The summed E-state index contributed by atoms with van der Waals surface area (Å²) in [4.78, 5) is 14.1. The summed E-state index contributed by atoms with van der Waals surface area (Å²) in [6.07, 6.45) is 4.40. The standard InChI is InChI=1S/C13H16BrFN2O/c1-17(8-4-2-3-5-8)13(18)9-6-12(16)11(15)7-10(9)14/h6-8H,2-5,16H2,1H3. The highest BCUT2D eigenvalue weighted by atomic mass is 79.9. The van der Waals surface area contributed by atoms with Gasteiger partial charge in [-0.05, 0) is 40.9 Å². The molecule has 1 aromatic carbocycles. The number of nitrogen functional groups attached to an aromatic ring is 1. The number of amides is 1. The van der Waals surface area contributed by atoms with Gasteiger partial charge in [-0.25, -0.2) is 4.39 Å². The summed E-state index contributed by atoms with van der Waals surface area (Å²) in [5.74, 6) is -0.623. The van der Waals surface area contributed by atoms with Crippen molar-refractivity contribution in [1.82, 2.24) is 4.90 Å². The number of hydrogen-bond acceptors (Lipinski definition) is 2. The molecule has 2 rings (SSSR count). The lowest BCUT2D eigenvalue weighted by Crippen LogP contribution is -2.35. The van der Waals surface area contributed by atoms with E-state index in [2.05, 4.69) is 15.9 Å². The molecular weight excluding hydrogens is 299 g/mol. The van der Waals surface area contributed by atoms with Crippen LogP contribution >= 0.6 is 15.9 Å². The first-order valence-corrected chi connectivity index (χ1v) is 6.81. The Balaban J connectivity index is 2.25. The molecule has 1 aliphatic rings. The number of rotatable bonds is 2. The van der Waals surface area contributed by atoms with Gasteiger partial charge in [0, 0.05) is 17.6 Å². The van der Waals surface area contributed by atoms with Crippen molar-refractivity contribution >= 4 is 27.5 Å². The molecule has 0 saturated heterocycles. The molecule has 3 nitrogen and oxygen atoms in total. The maximum absolute atomic E-state index is 13.2. The van der Waals surface area contributed by atoms with Crippen LogP contribution in [0.15, 0.2) is 16.6 Å². The fourth-order valence-electron chi connectivity index (χ4n) is 2.38. The molecule has 0 atom stereocenters. The maximum Gasteiger partial charge on any atom is 0.255 e. The third-order valence-corrected chi connectivity index (χ3v) is 4.17.